The maximum atomic E-state index is 6.06. The van der Waals surface area contributed by atoms with Gasteiger partial charge in [-0.15, -0.1) is 0 Å². The van der Waals surface area contributed by atoms with Crippen LogP contribution < -0.4 is 5.73 Å². The van der Waals surface area contributed by atoms with Crippen molar-refractivity contribution in [2.45, 2.75) is 31.3 Å². The average molecular weight is 186 g/mol. The predicted octanol–water partition coefficient (Wildman–Crippen LogP) is 0.915. The normalized spacial score (nSPS) is 38.8. The van der Waals surface area contributed by atoms with E-state index in [1.54, 1.807) is 0 Å². The van der Waals surface area contributed by atoms with Crippen LogP contribution in [0.3, 0.4) is 0 Å². The molecule has 2 N–H and O–H groups in total. The van der Waals surface area contributed by atoms with Gasteiger partial charge in [0.1, 0.15) is 0 Å². The summed E-state index contributed by atoms with van der Waals surface area (Å²) < 4.78 is 0. The molecule has 70 valence electrons. The highest BCUT2D eigenvalue weighted by Gasteiger charge is 2.29. The fraction of sp³-hybridized carbons (Fsp3) is 1.00. The van der Waals surface area contributed by atoms with Gasteiger partial charge in [0, 0.05) is 36.7 Å². The third-order valence-electron chi connectivity index (χ3n) is 3.05. The molecular formula is C9H18N2S. The van der Waals surface area contributed by atoms with Crippen molar-refractivity contribution in [2.75, 3.05) is 24.6 Å². The molecule has 2 fully saturated rings. The summed E-state index contributed by atoms with van der Waals surface area (Å²) in [7, 11) is 0. The lowest BCUT2D eigenvalue weighted by Gasteiger charge is -2.34. The van der Waals surface area contributed by atoms with Gasteiger partial charge in [0.05, 0.1) is 0 Å². The zero-order chi connectivity index (χ0) is 8.39. The minimum Gasteiger partial charge on any atom is -0.326 e. The zero-order valence-electron chi connectivity index (χ0n) is 7.54. The van der Waals surface area contributed by atoms with Gasteiger partial charge in [0.2, 0.25) is 0 Å². The van der Waals surface area contributed by atoms with Crippen LogP contribution in [0, 0.1) is 0 Å². The van der Waals surface area contributed by atoms with E-state index in [-0.39, 0.29) is 0 Å². The summed E-state index contributed by atoms with van der Waals surface area (Å²) >= 11 is 2.08. The van der Waals surface area contributed by atoms with Crippen LogP contribution in [0.25, 0.3) is 0 Å². The van der Waals surface area contributed by atoms with Crippen LogP contribution in [0.2, 0.25) is 0 Å². The van der Waals surface area contributed by atoms with Crippen molar-refractivity contribution >= 4 is 11.8 Å². The Morgan fingerprint density at radius 2 is 1.92 bits per heavy atom. The maximum Gasteiger partial charge on any atom is 0.0247 e. The van der Waals surface area contributed by atoms with Crippen molar-refractivity contribution in [2.24, 2.45) is 5.73 Å². The van der Waals surface area contributed by atoms with Crippen molar-refractivity contribution < 1.29 is 0 Å². The molecule has 3 heteroatoms. The Bertz CT molecular complexity index is 145. The molecular weight excluding hydrogens is 168 g/mol. The van der Waals surface area contributed by atoms with Crippen molar-refractivity contribution in [1.82, 2.24) is 4.90 Å². The number of rotatable bonds is 1. The van der Waals surface area contributed by atoms with E-state index in [0.29, 0.717) is 12.1 Å². The first-order valence-electron chi connectivity index (χ1n) is 4.95. The summed E-state index contributed by atoms with van der Waals surface area (Å²) in [5, 5.41) is 0. The lowest BCUT2D eigenvalue weighted by molar-refractivity contribution is 0.204. The van der Waals surface area contributed by atoms with E-state index in [2.05, 4.69) is 16.7 Å². The van der Waals surface area contributed by atoms with Gasteiger partial charge in [-0.1, -0.05) is 6.42 Å². The smallest absolute Gasteiger partial charge is 0.0247 e. The van der Waals surface area contributed by atoms with Crippen LogP contribution >= 0.6 is 11.8 Å². The fourth-order valence-corrected chi connectivity index (χ4v) is 3.26. The molecule has 1 heterocycles. The molecule has 2 rings (SSSR count). The molecule has 1 saturated carbocycles. The second kappa shape index (κ2) is 3.99. The minimum atomic E-state index is 0.466. The summed E-state index contributed by atoms with van der Waals surface area (Å²) in [6.07, 6.45) is 3.93. The Balaban J connectivity index is 1.89. The molecule has 0 amide bonds. The quantitative estimate of drug-likeness (QED) is 0.660. The second-order valence-corrected chi connectivity index (χ2v) is 5.04. The Kier molecular flexibility index (Phi) is 2.94. The zero-order valence-corrected chi connectivity index (χ0v) is 8.35. The summed E-state index contributed by atoms with van der Waals surface area (Å²) in [6, 6.07) is 1.18. The third kappa shape index (κ3) is 1.78. The monoisotopic (exact) mass is 186 g/mol. The van der Waals surface area contributed by atoms with Gasteiger partial charge in [0.25, 0.3) is 0 Å². The lowest BCUT2D eigenvalue weighted by atomic mass is 10.1. The van der Waals surface area contributed by atoms with E-state index >= 15 is 0 Å². The Hall–Kier alpha value is 0.270. The summed E-state index contributed by atoms with van der Waals surface area (Å²) in [6.45, 7) is 2.53. The maximum absolute atomic E-state index is 6.06. The van der Waals surface area contributed by atoms with Gasteiger partial charge < -0.3 is 5.73 Å². The predicted molar refractivity (Wildman–Crippen MR) is 54.5 cm³/mol. The Morgan fingerprint density at radius 3 is 2.50 bits per heavy atom. The van der Waals surface area contributed by atoms with Gasteiger partial charge in [-0.2, -0.15) is 11.8 Å². The number of nitrogens with zero attached hydrogens (tertiary/aromatic N) is 1. The molecule has 0 radical (unpaired) electrons. The van der Waals surface area contributed by atoms with Crippen LogP contribution in [0.5, 0.6) is 0 Å². The molecule has 0 spiro atoms. The first-order valence-corrected chi connectivity index (χ1v) is 6.11. The van der Waals surface area contributed by atoms with E-state index in [4.69, 9.17) is 5.73 Å². The highest BCUT2D eigenvalue weighted by molar-refractivity contribution is 7.99. The summed E-state index contributed by atoms with van der Waals surface area (Å²) in [5.41, 5.74) is 6.06. The van der Waals surface area contributed by atoms with E-state index in [9.17, 15) is 0 Å². The molecule has 2 atom stereocenters. The lowest BCUT2D eigenvalue weighted by Crippen LogP contribution is -2.47. The van der Waals surface area contributed by atoms with Crippen molar-refractivity contribution in [3.63, 3.8) is 0 Å². The van der Waals surface area contributed by atoms with Crippen LogP contribution in [0.4, 0.5) is 0 Å². The Morgan fingerprint density at radius 1 is 1.17 bits per heavy atom. The van der Waals surface area contributed by atoms with Crippen molar-refractivity contribution in [3.05, 3.63) is 0 Å². The molecule has 0 bridgehead atoms. The topological polar surface area (TPSA) is 29.3 Å². The molecule has 2 nitrogen and oxygen atoms in total. The van der Waals surface area contributed by atoms with Crippen LogP contribution in [-0.4, -0.2) is 41.6 Å². The molecule has 2 aliphatic rings. The number of nitrogens with two attached hydrogens (primary N) is 1. The number of thioether (sulfide) groups is 1. The molecule has 2 unspecified atom stereocenters. The Labute approximate surface area is 78.9 Å². The SMILES string of the molecule is NC1CCCC1N1CCSCC1. The van der Waals surface area contributed by atoms with Gasteiger partial charge in [-0.3, -0.25) is 4.90 Å². The first-order chi connectivity index (χ1) is 5.88. The van der Waals surface area contributed by atoms with Gasteiger partial charge in [-0.25, -0.2) is 0 Å². The highest BCUT2D eigenvalue weighted by atomic mass is 32.2. The van der Waals surface area contributed by atoms with Crippen molar-refractivity contribution in [1.29, 1.82) is 0 Å². The van der Waals surface area contributed by atoms with Crippen LogP contribution in [0.1, 0.15) is 19.3 Å². The first kappa shape index (κ1) is 8.85. The number of hydrogen-bond acceptors (Lipinski definition) is 3. The molecule has 0 aromatic rings. The summed E-state index contributed by atoms with van der Waals surface area (Å²) in [5.74, 6) is 2.62. The second-order valence-electron chi connectivity index (χ2n) is 3.81. The minimum absolute atomic E-state index is 0.466. The van der Waals surface area contributed by atoms with Gasteiger partial charge in [-0.05, 0) is 12.8 Å². The van der Waals surface area contributed by atoms with Crippen molar-refractivity contribution in [3.8, 4) is 0 Å². The van der Waals surface area contributed by atoms with E-state index in [1.807, 2.05) is 0 Å². The van der Waals surface area contributed by atoms with E-state index < -0.39 is 0 Å². The fourth-order valence-electron chi connectivity index (χ4n) is 2.33. The molecule has 0 aromatic heterocycles. The van der Waals surface area contributed by atoms with Gasteiger partial charge >= 0.3 is 0 Å². The van der Waals surface area contributed by atoms with Crippen LogP contribution in [-0.2, 0) is 0 Å². The largest absolute Gasteiger partial charge is 0.326 e. The van der Waals surface area contributed by atoms with Gasteiger partial charge in [0.15, 0.2) is 0 Å². The van der Waals surface area contributed by atoms with E-state index in [0.717, 1.165) is 0 Å². The highest BCUT2D eigenvalue weighted by Crippen LogP contribution is 2.24. The number of hydrogen-bond donors (Lipinski definition) is 1. The molecule has 1 aliphatic heterocycles. The molecule has 1 aliphatic carbocycles. The summed E-state index contributed by atoms with van der Waals surface area (Å²) in [4.78, 5) is 2.61. The van der Waals surface area contributed by atoms with E-state index in [1.165, 1.54) is 43.9 Å². The molecule has 12 heavy (non-hydrogen) atoms. The third-order valence-corrected chi connectivity index (χ3v) is 3.99. The molecule has 0 aromatic carbocycles. The van der Waals surface area contributed by atoms with Crippen LogP contribution in [0.15, 0.2) is 0 Å². The average Bonchev–Trinajstić information content (AvgIpc) is 2.53. The molecule has 1 saturated heterocycles. The standard InChI is InChI=1S/C9H18N2S/c10-8-2-1-3-9(8)11-4-6-12-7-5-11/h8-9H,1-7,10H2.